The van der Waals surface area contributed by atoms with Gasteiger partial charge >= 0.3 is 0 Å². The minimum absolute atomic E-state index is 0.191. The zero-order valence-electron chi connectivity index (χ0n) is 6.38. The molecule has 0 amide bonds. The van der Waals surface area contributed by atoms with Gasteiger partial charge in [-0.3, -0.25) is 5.23 Å². The highest BCUT2D eigenvalue weighted by Crippen LogP contribution is 2.20. The standard InChI is InChI=1S/C7H14NO2/c1-8(9)10-7-5-3-2-4-6-7/h7H,2-6H2,1H3/q-1. The molecule has 0 aromatic heterocycles. The van der Waals surface area contributed by atoms with E-state index in [1.165, 1.54) is 26.3 Å². The van der Waals surface area contributed by atoms with E-state index in [0.29, 0.717) is 5.23 Å². The molecule has 0 bridgehead atoms. The van der Waals surface area contributed by atoms with E-state index >= 15 is 0 Å². The highest BCUT2D eigenvalue weighted by molar-refractivity contribution is 4.64. The first-order valence-corrected chi connectivity index (χ1v) is 3.86. The van der Waals surface area contributed by atoms with Crippen LogP contribution >= 0.6 is 0 Å². The summed E-state index contributed by atoms with van der Waals surface area (Å²) in [6.07, 6.45) is 6.00. The van der Waals surface area contributed by atoms with Crippen molar-refractivity contribution >= 4 is 0 Å². The summed E-state index contributed by atoms with van der Waals surface area (Å²) in [5.41, 5.74) is 0. The largest absolute Gasteiger partial charge is 0.762 e. The van der Waals surface area contributed by atoms with Crippen LogP contribution in [0.4, 0.5) is 0 Å². The van der Waals surface area contributed by atoms with Crippen molar-refractivity contribution < 1.29 is 4.84 Å². The smallest absolute Gasteiger partial charge is 0.0781 e. The Bertz CT molecular complexity index is 89.6. The first-order valence-electron chi connectivity index (χ1n) is 3.86. The molecular formula is C7H14NO2-. The van der Waals surface area contributed by atoms with Crippen molar-refractivity contribution in [3.63, 3.8) is 0 Å². The Kier molecular flexibility index (Phi) is 3.12. The van der Waals surface area contributed by atoms with Crippen LogP contribution in [0.2, 0.25) is 0 Å². The Morgan fingerprint density at radius 3 is 2.40 bits per heavy atom. The van der Waals surface area contributed by atoms with E-state index in [2.05, 4.69) is 0 Å². The maximum Gasteiger partial charge on any atom is 0.0781 e. The number of hydroxylamine groups is 2. The molecule has 1 fully saturated rings. The molecule has 1 saturated carbocycles. The molecule has 1 rings (SSSR count). The summed E-state index contributed by atoms with van der Waals surface area (Å²) < 4.78 is 0. The molecule has 0 heterocycles. The molecule has 0 aromatic carbocycles. The van der Waals surface area contributed by atoms with Gasteiger partial charge in [0.05, 0.1) is 6.10 Å². The second-order valence-electron chi connectivity index (χ2n) is 2.81. The molecule has 0 aromatic rings. The van der Waals surface area contributed by atoms with Gasteiger partial charge in [0.15, 0.2) is 0 Å². The van der Waals surface area contributed by atoms with Gasteiger partial charge in [-0.1, -0.05) is 19.3 Å². The second-order valence-corrected chi connectivity index (χ2v) is 2.81. The van der Waals surface area contributed by atoms with Gasteiger partial charge in [-0.2, -0.15) is 0 Å². The van der Waals surface area contributed by atoms with Gasteiger partial charge in [0.25, 0.3) is 0 Å². The maximum atomic E-state index is 10.4. The lowest BCUT2D eigenvalue weighted by Gasteiger charge is -2.30. The van der Waals surface area contributed by atoms with Crippen LogP contribution < -0.4 is 0 Å². The molecule has 0 atom stereocenters. The fourth-order valence-corrected chi connectivity index (χ4v) is 1.38. The minimum Gasteiger partial charge on any atom is -0.762 e. The summed E-state index contributed by atoms with van der Waals surface area (Å²) in [7, 11) is 1.40. The lowest BCUT2D eigenvalue weighted by atomic mass is 9.98. The van der Waals surface area contributed by atoms with Crippen molar-refractivity contribution in [2.45, 2.75) is 38.2 Å². The van der Waals surface area contributed by atoms with E-state index in [0.717, 1.165) is 12.8 Å². The molecule has 0 unspecified atom stereocenters. The van der Waals surface area contributed by atoms with E-state index in [4.69, 9.17) is 4.84 Å². The topological polar surface area (TPSA) is 35.5 Å². The van der Waals surface area contributed by atoms with Crippen LogP contribution in [0.1, 0.15) is 32.1 Å². The maximum absolute atomic E-state index is 10.4. The van der Waals surface area contributed by atoms with E-state index in [1.807, 2.05) is 0 Å². The van der Waals surface area contributed by atoms with Crippen LogP contribution in [0.15, 0.2) is 0 Å². The third kappa shape index (κ3) is 2.64. The highest BCUT2D eigenvalue weighted by atomic mass is 16.9. The first-order chi connectivity index (χ1) is 4.79. The molecule has 0 radical (unpaired) electrons. The monoisotopic (exact) mass is 144 g/mol. The fraction of sp³-hybridized carbons (Fsp3) is 1.00. The quantitative estimate of drug-likeness (QED) is 0.553. The SMILES string of the molecule is CN([O-])OC1CCCCC1. The van der Waals surface area contributed by atoms with Crippen LogP contribution in [-0.4, -0.2) is 18.4 Å². The van der Waals surface area contributed by atoms with Crippen LogP contribution in [0.25, 0.3) is 0 Å². The Morgan fingerprint density at radius 1 is 1.30 bits per heavy atom. The molecule has 0 aliphatic heterocycles. The zero-order chi connectivity index (χ0) is 7.40. The summed E-state index contributed by atoms with van der Waals surface area (Å²) >= 11 is 0. The number of nitrogens with zero attached hydrogens (tertiary/aromatic N) is 1. The molecular weight excluding hydrogens is 130 g/mol. The predicted octanol–water partition coefficient (Wildman–Crippen LogP) is 1.68. The summed E-state index contributed by atoms with van der Waals surface area (Å²) in [4.78, 5) is 4.97. The summed E-state index contributed by atoms with van der Waals surface area (Å²) in [6, 6.07) is 0. The van der Waals surface area contributed by atoms with E-state index in [-0.39, 0.29) is 6.10 Å². The number of hydrogen-bond donors (Lipinski definition) is 0. The molecule has 3 heteroatoms. The van der Waals surface area contributed by atoms with Gasteiger partial charge < -0.3 is 10.0 Å². The van der Waals surface area contributed by atoms with Gasteiger partial charge in [0.1, 0.15) is 0 Å². The second kappa shape index (κ2) is 3.91. The molecule has 0 spiro atoms. The third-order valence-corrected chi connectivity index (χ3v) is 1.85. The summed E-state index contributed by atoms with van der Waals surface area (Å²) in [5, 5.41) is 11.0. The Labute approximate surface area is 61.5 Å². The highest BCUT2D eigenvalue weighted by Gasteiger charge is 2.13. The molecule has 3 nitrogen and oxygen atoms in total. The Hall–Kier alpha value is -0.120. The van der Waals surface area contributed by atoms with Crippen LogP contribution in [0, 0.1) is 5.21 Å². The Morgan fingerprint density at radius 2 is 1.90 bits per heavy atom. The van der Waals surface area contributed by atoms with Gasteiger partial charge in [-0.15, -0.1) is 0 Å². The molecule has 10 heavy (non-hydrogen) atoms. The van der Waals surface area contributed by atoms with Crippen molar-refractivity contribution in [3.05, 3.63) is 5.21 Å². The predicted molar refractivity (Wildman–Crippen MR) is 39.1 cm³/mol. The molecule has 1 aliphatic carbocycles. The average Bonchev–Trinajstić information content (AvgIpc) is 1.88. The number of hydrogen-bond acceptors (Lipinski definition) is 3. The minimum atomic E-state index is 0.191. The lowest BCUT2D eigenvalue weighted by molar-refractivity contribution is -0.157. The van der Waals surface area contributed by atoms with Gasteiger partial charge in [0.2, 0.25) is 0 Å². The molecule has 1 aliphatic rings. The fourth-order valence-electron chi connectivity index (χ4n) is 1.38. The van der Waals surface area contributed by atoms with E-state index < -0.39 is 0 Å². The normalized spacial score (nSPS) is 21.9. The Balaban J connectivity index is 2.13. The van der Waals surface area contributed by atoms with Gasteiger partial charge in [0, 0.05) is 0 Å². The average molecular weight is 144 g/mol. The van der Waals surface area contributed by atoms with E-state index in [9.17, 15) is 5.21 Å². The zero-order valence-corrected chi connectivity index (χ0v) is 6.38. The van der Waals surface area contributed by atoms with Gasteiger partial charge in [-0.25, -0.2) is 0 Å². The van der Waals surface area contributed by atoms with Crippen LogP contribution in [-0.2, 0) is 4.84 Å². The van der Waals surface area contributed by atoms with Crippen molar-refractivity contribution in [1.82, 2.24) is 5.23 Å². The molecule has 60 valence electrons. The van der Waals surface area contributed by atoms with Gasteiger partial charge in [-0.05, 0) is 19.9 Å². The summed E-state index contributed by atoms with van der Waals surface area (Å²) in [5.74, 6) is 0. The van der Waals surface area contributed by atoms with Crippen LogP contribution in [0.5, 0.6) is 0 Å². The van der Waals surface area contributed by atoms with Crippen molar-refractivity contribution in [2.24, 2.45) is 0 Å². The van der Waals surface area contributed by atoms with E-state index in [1.54, 1.807) is 0 Å². The summed E-state index contributed by atoms with van der Waals surface area (Å²) in [6.45, 7) is 0. The van der Waals surface area contributed by atoms with Crippen molar-refractivity contribution in [3.8, 4) is 0 Å². The number of rotatable bonds is 2. The lowest BCUT2D eigenvalue weighted by Crippen LogP contribution is -2.23. The third-order valence-electron chi connectivity index (χ3n) is 1.85. The van der Waals surface area contributed by atoms with Crippen molar-refractivity contribution in [2.75, 3.05) is 7.05 Å². The first kappa shape index (κ1) is 7.98. The van der Waals surface area contributed by atoms with Crippen molar-refractivity contribution in [1.29, 1.82) is 0 Å². The molecule has 0 saturated heterocycles. The van der Waals surface area contributed by atoms with Crippen LogP contribution in [0.3, 0.4) is 0 Å². The molecule has 0 N–H and O–H groups in total.